The Balaban J connectivity index is 2.10. The third-order valence-corrected chi connectivity index (χ3v) is 8.38. The minimum absolute atomic E-state index is 0.0249. The Morgan fingerprint density at radius 2 is 1.55 bits per heavy atom. The van der Waals surface area contributed by atoms with Gasteiger partial charge < -0.3 is 10.2 Å². The highest BCUT2D eigenvalue weighted by Gasteiger charge is 2.33. The Morgan fingerprint density at radius 3 is 2.12 bits per heavy atom. The zero-order valence-corrected chi connectivity index (χ0v) is 25.5. The van der Waals surface area contributed by atoms with Crippen LogP contribution in [0.1, 0.15) is 35.6 Å². The quantitative estimate of drug-likeness (QED) is 0.294. The standard InChI is InChI=1S/C30H35Cl2N3O4S/c1-5-16-33-30(37)27(18-23-12-7-6-8-13-23)34(19-24-14-15-25(31)26(32)17-24)28(36)20-35(40(4,38)39)29-21(2)10-9-11-22(29)3/h6-15,17,27H,5,16,18-20H2,1-4H3,(H,33,37)/t27-/m0/s1. The van der Waals surface area contributed by atoms with E-state index in [0.717, 1.165) is 33.7 Å². The number of anilines is 1. The van der Waals surface area contributed by atoms with E-state index < -0.39 is 28.5 Å². The summed E-state index contributed by atoms with van der Waals surface area (Å²) in [5.74, 6) is -0.844. The molecule has 0 bridgehead atoms. The Hall–Kier alpha value is -3.07. The van der Waals surface area contributed by atoms with Gasteiger partial charge in [-0.25, -0.2) is 8.42 Å². The van der Waals surface area contributed by atoms with Crippen LogP contribution in [-0.4, -0.2) is 50.5 Å². The number of nitrogens with one attached hydrogen (secondary N) is 1. The monoisotopic (exact) mass is 603 g/mol. The number of carbonyl (C=O) groups excluding carboxylic acids is 2. The SMILES string of the molecule is CCCNC(=O)[C@H](Cc1ccccc1)N(Cc1ccc(Cl)c(Cl)c1)C(=O)CN(c1c(C)cccc1C)S(C)(=O)=O. The van der Waals surface area contributed by atoms with Crippen molar-refractivity contribution in [2.45, 2.75) is 46.2 Å². The molecular formula is C30H35Cl2N3O4S. The van der Waals surface area contributed by atoms with Gasteiger partial charge in [-0.15, -0.1) is 0 Å². The Bertz CT molecular complexity index is 1430. The van der Waals surface area contributed by atoms with Crippen LogP contribution >= 0.6 is 23.2 Å². The summed E-state index contributed by atoms with van der Waals surface area (Å²) in [5.41, 5.74) is 3.40. The van der Waals surface area contributed by atoms with E-state index in [-0.39, 0.29) is 18.9 Å². The van der Waals surface area contributed by atoms with Crippen molar-refractivity contribution in [2.24, 2.45) is 0 Å². The molecule has 0 unspecified atom stereocenters. The van der Waals surface area contributed by atoms with E-state index in [0.29, 0.717) is 27.8 Å². The summed E-state index contributed by atoms with van der Waals surface area (Å²) in [5, 5.41) is 3.59. The van der Waals surface area contributed by atoms with Crippen molar-refractivity contribution in [1.29, 1.82) is 0 Å². The molecule has 1 atom stereocenters. The van der Waals surface area contributed by atoms with Crippen molar-refractivity contribution in [1.82, 2.24) is 10.2 Å². The fraction of sp³-hybridized carbons (Fsp3) is 0.333. The lowest BCUT2D eigenvalue weighted by atomic mass is 10.0. The molecule has 0 aliphatic rings. The smallest absolute Gasteiger partial charge is 0.244 e. The van der Waals surface area contributed by atoms with Crippen LogP contribution in [0.3, 0.4) is 0 Å². The van der Waals surface area contributed by atoms with Gasteiger partial charge in [-0.3, -0.25) is 13.9 Å². The first kappa shape index (κ1) is 31.5. The number of benzene rings is 3. The second kappa shape index (κ2) is 14.0. The van der Waals surface area contributed by atoms with Crippen molar-refractivity contribution in [3.8, 4) is 0 Å². The van der Waals surface area contributed by atoms with E-state index in [4.69, 9.17) is 23.2 Å². The van der Waals surface area contributed by atoms with Crippen LogP contribution in [0, 0.1) is 13.8 Å². The molecule has 0 aliphatic carbocycles. The number of hydrogen-bond donors (Lipinski definition) is 1. The summed E-state index contributed by atoms with van der Waals surface area (Å²) in [4.78, 5) is 29.1. The molecule has 0 saturated heterocycles. The zero-order chi connectivity index (χ0) is 29.4. The van der Waals surface area contributed by atoms with Crippen LogP contribution in [0.25, 0.3) is 0 Å². The summed E-state index contributed by atoms with van der Waals surface area (Å²) >= 11 is 12.4. The fourth-order valence-electron chi connectivity index (χ4n) is 4.53. The molecule has 1 N–H and O–H groups in total. The molecule has 3 aromatic carbocycles. The number of aryl methyl sites for hydroxylation is 2. The molecule has 0 aliphatic heterocycles. The van der Waals surface area contributed by atoms with Gasteiger partial charge >= 0.3 is 0 Å². The highest BCUT2D eigenvalue weighted by molar-refractivity contribution is 7.92. The van der Waals surface area contributed by atoms with E-state index in [1.165, 1.54) is 4.90 Å². The third kappa shape index (κ3) is 8.22. The molecule has 3 rings (SSSR count). The van der Waals surface area contributed by atoms with E-state index in [1.54, 1.807) is 44.2 Å². The predicted molar refractivity (Wildman–Crippen MR) is 162 cm³/mol. The molecule has 3 aromatic rings. The van der Waals surface area contributed by atoms with Gasteiger partial charge in [0.15, 0.2) is 0 Å². The van der Waals surface area contributed by atoms with Crippen molar-refractivity contribution in [3.63, 3.8) is 0 Å². The minimum Gasteiger partial charge on any atom is -0.354 e. The molecule has 40 heavy (non-hydrogen) atoms. The second-order valence-corrected chi connectivity index (χ2v) is 12.5. The highest BCUT2D eigenvalue weighted by atomic mass is 35.5. The highest BCUT2D eigenvalue weighted by Crippen LogP contribution is 2.28. The molecule has 2 amide bonds. The molecular weight excluding hydrogens is 569 g/mol. The minimum atomic E-state index is -3.85. The maximum absolute atomic E-state index is 14.1. The Labute approximate surface area is 247 Å². The number of para-hydroxylation sites is 1. The number of rotatable bonds is 12. The maximum atomic E-state index is 14.1. The molecule has 0 aromatic heterocycles. The molecule has 0 heterocycles. The number of nitrogens with zero attached hydrogens (tertiary/aromatic N) is 2. The second-order valence-electron chi connectivity index (χ2n) is 9.78. The summed E-state index contributed by atoms with van der Waals surface area (Å²) in [7, 11) is -3.85. The van der Waals surface area contributed by atoms with Gasteiger partial charge in [-0.2, -0.15) is 0 Å². The van der Waals surface area contributed by atoms with E-state index in [2.05, 4.69) is 5.32 Å². The average molecular weight is 605 g/mol. The lowest BCUT2D eigenvalue weighted by Crippen LogP contribution is -2.53. The van der Waals surface area contributed by atoms with Gasteiger partial charge in [0.1, 0.15) is 12.6 Å². The predicted octanol–water partition coefficient (Wildman–Crippen LogP) is 5.54. The summed E-state index contributed by atoms with van der Waals surface area (Å²) in [6.45, 7) is 5.54. The Kier molecular flexibility index (Phi) is 11.0. The lowest BCUT2D eigenvalue weighted by Gasteiger charge is -2.34. The number of hydrogen-bond acceptors (Lipinski definition) is 4. The van der Waals surface area contributed by atoms with Crippen LogP contribution in [0.15, 0.2) is 66.7 Å². The summed E-state index contributed by atoms with van der Waals surface area (Å²) in [6, 6.07) is 18.9. The molecule has 214 valence electrons. The van der Waals surface area contributed by atoms with E-state index >= 15 is 0 Å². The first-order valence-electron chi connectivity index (χ1n) is 13.0. The maximum Gasteiger partial charge on any atom is 0.244 e. The molecule has 0 radical (unpaired) electrons. The first-order valence-corrected chi connectivity index (χ1v) is 15.6. The molecule has 0 saturated carbocycles. The number of halogens is 2. The first-order chi connectivity index (χ1) is 18.9. The summed E-state index contributed by atoms with van der Waals surface area (Å²) < 4.78 is 27.1. The van der Waals surface area contributed by atoms with Crippen molar-refractivity contribution in [2.75, 3.05) is 23.7 Å². The van der Waals surface area contributed by atoms with Gasteiger partial charge in [0.2, 0.25) is 21.8 Å². The normalized spacial score (nSPS) is 12.1. The molecule has 10 heteroatoms. The van der Waals surface area contributed by atoms with Gasteiger partial charge in [0.25, 0.3) is 0 Å². The van der Waals surface area contributed by atoms with Crippen LogP contribution < -0.4 is 9.62 Å². The van der Waals surface area contributed by atoms with Gasteiger partial charge in [-0.05, 0) is 54.7 Å². The molecule has 0 fully saturated rings. The van der Waals surface area contributed by atoms with Crippen LogP contribution in [0.5, 0.6) is 0 Å². The van der Waals surface area contributed by atoms with Crippen molar-refractivity contribution >= 4 is 50.7 Å². The molecule has 0 spiro atoms. The van der Waals surface area contributed by atoms with Gasteiger partial charge in [0, 0.05) is 19.5 Å². The average Bonchev–Trinajstić information content (AvgIpc) is 2.90. The van der Waals surface area contributed by atoms with Crippen LogP contribution in [0.4, 0.5) is 5.69 Å². The number of amides is 2. The van der Waals surface area contributed by atoms with Gasteiger partial charge in [0.05, 0.1) is 22.0 Å². The van der Waals surface area contributed by atoms with Gasteiger partial charge in [-0.1, -0.05) is 84.7 Å². The third-order valence-electron chi connectivity index (χ3n) is 6.53. The summed E-state index contributed by atoms with van der Waals surface area (Å²) in [6.07, 6.45) is 2.04. The van der Waals surface area contributed by atoms with Crippen molar-refractivity contribution < 1.29 is 18.0 Å². The fourth-order valence-corrected chi connectivity index (χ4v) is 5.81. The van der Waals surface area contributed by atoms with E-state index in [9.17, 15) is 18.0 Å². The number of sulfonamides is 1. The Morgan fingerprint density at radius 1 is 0.900 bits per heavy atom. The van der Waals surface area contributed by atoms with Crippen LogP contribution in [-0.2, 0) is 32.6 Å². The zero-order valence-electron chi connectivity index (χ0n) is 23.2. The topological polar surface area (TPSA) is 86.8 Å². The lowest BCUT2D eigenvalue weighted by molar-refractivity contribution is -0.140. The number of carbonyl (C=O) groups is 2. The van der Waals surface area contributed by atoms with E-state index in [1.807, 2.05) is 43.3 Å². The van der Waals surface area contributed by atoms with Crippen LogP contribution in [0.2, 0.25) is 10.0 Å². The largest absolute Gasteiger partial charge is 0.354 e. The molecule has 7 nitrogen and oxygen atoms in total. The van der Waals surface area contributed by atoms with Crippen molar-refractivity contribution in [3.05, 3.63) is 99.0 Å².